The van der Waals surface area contributed by atoms with Gasteiger partial charge in [0.1, 0.15) is 17.3 Å². The Morgan fingerprint density at radius 2 is 2.00 bits per heavy atom. The zero-order valence-electron chi connectivity index (χ0n) is 11.8. The van der Waals surface area contributed by atoms with E-state index >= 15 is 0 Å². The van der Waals surface area contributed by atoms with E-state index in [1.807, 2.05) is 26.0 Å². The highest BCUT2D eigenvalue weighted by Gasteiger charge is 2.16. The first-order valence-electron chi connectivity index (χ1n) is 6.41. The molecule has 0 aliphatic carbocycles. The summed E-state index contributed by atoms with van der Waals surface area (Å²) in [6, 6.07) is 9.74. The Morgan fingerprint density at radius 3 is 2.65 bits per heavy atom. The van der Waals surface area contributed by atoms with Crippen molar-refractivity contribution < 1.29 is 14.2 Å². The number of rotatable bonds is 4. The second-order valence-corrected chi connectivity index (χ2v) is 4.72. The Morgan fingerprint density at radius 1 is 1.25 bits per heavy atom. The van der Waals surface area contributed by atoms with Crippen LogP contribution in [0, 0.1) is 12.7 Å². The minimum absolute atomic E-state index is 0.211. The van der Waals surface area contributed by atoms with E-state index in [9.17, 15) is 9.50 Å². The van der Waals surface area contributed by atoms with Crippen LogP contribution < -0.4 is 10.1 Å². The van der Waals surface area contributed by atoms with Crippen LogP contribution in [0.4, 0.5) is 10.1 Å². The van der Waals surface area contributed by atoms with E-state index in [1.165, 1.54) is 13.2 Å². The molecule has 2 rings (SSSR count). The Bertz CT molecular complexity index is 613. The van der Waals surface area contributed by atoms with E-state index < -0.39 is 0 Å². The molecule has 0 bridgehead atoms. The Kier molecular flexibility index (Phi) is 4.13. The number of aromatic hydroxyl groups is 1. The first-order valence-corrected chi connectivity index (χ1v) is 6.41. The van der Waals surface area contributed by atoms with Crippen molar-refractivity contribution in [1.82, 2.24) is 0 Å². The molecule has 0 aliphatic rings. The van der Waals surface area contributed by atoms with Gasteiger partial charge in [-0.3, -0.25) is 0 Å². The van der Waals surface area contributed by atoms with Crippen LogP contribution in [-0.2, 0) is 0 Å². The molecule has 0 fully saturated rings. The minimum Gasteiger partial charge on any atom is -0.508 e. The third-order valence-electron chi connectivity index (χ3n) is 3.26. The van der Waals surface area contributed by atoms with Crippen molar-refractivity contribution in [3.05, 3.63) is 53.3 Å². The second-order valence-electron chi connectivity index (χ2n) is 4.72. The summed E-state index contributed by atoms with van der Waals surface area (Å²) in [5, 5.41) is 12.9. The Balaban J connectivity index is 2.28. The van der Waals surface area contributed by atoms with E-state index in [0.29, 0.717) is 11.3 Å². The maximum atomic E-state index is 14.0. The number of phenolic OH excluding ortho intramolecular Hbond substituents is 1. The third-order valence-corrected chi connectivity index (χ3v) is 3.26. The summed E-state index contributed by atoms with van der Waals surface area (Å²) in [5.74, 6) is 0.393. The van der Waals surface area contributed by atoms with Crippen molar-refractivity contribution in [1.29, 1.82) is 0 Å². The smallest absolute Gasteiger partial charge is 0.132 e. The van der Waals surface area contributed by atoms with Gasteiger partial charge < -0.3 is 15.2 Å². The summed E-state index contributed by atoms with van der Waals surface area (Å²) < 4.78 is 19.2. The number of aryl methyl sites for hydroxylation is 1. The average molecular weight is 275 g/mol. The standard InChI is InChI=1S/C16H18FNO2/c1-10-7-8-12(9-14(10)19)18-11(2)16-13(17)5-4-6-15(16)20-3/h4-9,11,18-19H,1-3H3. The highest BCUT2D eigenvalue weighted by atomic mass is 19.1. The minimum atomic E-state index is -0.319. The molecule has 106 valence electrons. The van der Waals surface area contributed by atoms with Gasteiger partial charge in [-0.2, -0.15) is 0 Å². The molecule has 0 aliphatic heterocycles. The average Bonchev–Trinajstić information content (AvgIpc) is 2.42. The van der Waals surface area contributed by atoms with E-state index in [1.54, 1.807) is 18.2 Å². The van der Waals surface area contributed by atoms with Crippen molar-refractivity contribution in [2.75, 3.05) is 12.4 Å². The van der Waals surface area contributed by atoms with Gasteiger partial charge in [-0.1, -0.05) is 12.1 Å². The lowest BCUT2D eigenvalue weighted by Crippen LogP contribution is -2.10. The fourth-order valence-electron chi connectivity index (χ4n) is 2.14. The first-order chi connectivity index (χ1) is 9.52. The molecule has 0 amide bonds. The molecule has 0 heterocycles. The summed E-state index contributed by atoms with van der Waals surface area (Å²) in [4.78, 5) is 0. The van der Waals surface area contributed by atoms with Crippen molar-refractivity contribution in [2.24, 2.45) is 0 Å². The van der Waals surface area contributed by atoms with Gasteiger partial charge in [-0.25, -0.2) is 4.39 Å². The zero-order valence-corrected chi connectivity index (χ0v) is 11.8. The summed E-state index contributed by atoms with van der Waals surface area (Å²) in [6.45, 7) is 3.67. The number of hydrogen-bond donors (Lipinski definition) is 2. The molecule has 2 aromatic rings. The molecule has 0 spiro atoms. The molecule has 0 saturated heterocycles. The maximum Gasteiger partial charge on any atom is 0.132 e. The zero-order chi connectivity index (χ0) is 14.7. The number of ether oxygens (including phenoxy) is 1. The summed E-state index contributed by atoms with van der Waals surface area (Å²) >= 11 is 0. The van der Waals surface area contributed by atoms with Crippen LogP contribution in [0.5, 0.6) is 11.5 Å². The van der Waals surface area contributed by atoms with Crippen LogP contribution in [0.25, 0.3) is 0 Å². The predicted molar refractivity (Wildman–Crippen MR) is 77.8 cm³/mol. The van der Waals surface area contributed by atoms with E-state index in [-0.39, 0.29) is 17.6 Å². The van der Waals surface area contributed by atoms with E-state index in [4.69, 9.17) is 4.74 Å². The summed E-state index contributed by atoms with van der Waals surface area (Å²) in [6.07, 6.45) is 0. The van der Waals surface area contributed by atoms with Crippen LogP contribution in [0.2, 0.25) is 0 Å². The second kappa shape index (κ2) is 5.82. The number of methoxy groups -OCH3 is 1. The van der Waals surface area contributed by atoms with Gasteiger partial charge in [0, 0.05) is 11.8 Å². The SMILES string of the molecule is COc1cccc(F)c1C(C)Nc1ccc(C)c(O)c1. The summed E-state index contributed by atoms with van der Waals surface area (Å²) in [7, 11) is 1.52. The molecule has 20 heavy (non-hydrogen) atoms. The molecular formula is C16H18FNO2. The predicted octanol–water partition coefficient (Wildman–Crippen LogP) is 4.02. The molecule has 1 unspecified atom stereocenters. The van der Waals surface area contributed by atoms with Crippen molar-refractivity contribution in [3.63, 3.8) is 0 Å². The molecule has 2 aromatic carbocycles. The first kappa shape index (κ1) is 14.2. The lowest BCUT2D eigenvalue weighted by atomic mass is 10.1. The number of phenols is 1. The molecule has 3 nitrogen and oxygen atoms in total. The summed E-state index contributed by atoms with van der Waals surface area (Å²) in [5.41, 5.74) is 1.99. The van der Waals surface area contributed by atoms with Gasteiger partial charge >= 0.3 is 0 Å². The molecule has 0 radical (unpaired) electrons. The van der Waals surface area contributed by atoms with E-state index in [0.717, 1.165) is 11.3 Å². The number of anilines is 1. The van der Waals surface area contributed by atoms with Gasteiger partial charge in [0.25, 0.3) is 0 Å². The van der Waals surface area contributed by atoms with Gasteiger partial charge in [-0.05, 0) is 37.6 Å². The fraction of sp³-hybridized carbons (Fsp3) is 0.250. The lowest BCUT2D eigenvalue weighted by Gasteiger charge is -2.19. The molecular weight excluding hydrogens is 257 g/mol. The monoisotopic (exact) mass is 275 g/mol. The van der Waals surface area contributed by atoms with Crippen molar-refractivity contribution >= 4 is 5.69 Å². The lowest BCUT2D eigenvalue weighted by molar-refractivity contribution is 0.402. The maximum absolute atomic E-state index is 14.0. The molecule has 0 aromatic heterocycles. The molecule has 4 heteroatoms. The van der Waals surface area contributed by atoms with Gasteiger partial charge in [0.15, 0.2) is 0 Å². The number of nitrogens with one attached hydrogen (secondary N) is 1. The molecule has 1 atom stereocenters. The Hall–Kier alpha value is -2.23. The van der Waals surface area contributed by atoms with Crippen LogP contribution in [-0.4, -0.2) is 12.2 Å². The van der Waals surface area contributed by atoms with Crippen molar-refractivity contribution in [3.8, 4) is 11.5 Å². The van der Waals surface area contributed by atoms with Gasteiger partial charge in [0.05, 0.1) is 18.7 Å². The number of benzene rings is 2. The molecule has 2 N–H and O–H groups in total. The van der Waals surface area contributed by atoms with Crippen molar-refractivity contribution in [2.45, 2.75) is 19.9 Å². The van der Waals surface area contributed by atoms with E-state index in [2.05, 4.69) is 5.32 Å². The number of halogens is 1. The largest absolute Gasteiger partial charge is 0.508 e. The number of hydrogen-bond acceptors (Lipinski definition) is 3. The topological polar surface area (TPSA) is 41.5 Å². The van der Waals surface area contributed by atoms with Crippen LogP contribution in [0.15, 0.2) is 36.4 Å². The van der Waals surface area contributed by atoms with Gasteiger partial charge in [-0.15, -0.1) is 0 Å². The Labute approximate surface area is 118 Å². The van der Waals surface area contributed by atoms with Gasteiger partial charge in [0.2, 0.25) is 0 Å². The normalized spacial score (nSPS) is 12.0. The van der Waals surface area contributed by atoms with Crippen LogP contribution in [0.3, 0.4) is 0 Å². The fourth-order valence-corrected chi connectivity index (χ4v) is 2.14. The third kappa shape index (κ3) is 2.85. The van der Waals surface area contributed by atoms with Crippen LogP contribution >= 0.6 is 0 Å². The highest BCUT2D eigenvalue weighted by Crippen LogP contribution is 2.31. The highest BCUT2D eigenvalue weighted by molar-refractivity contribution is 5.53. The molecule has 0 saturated carbocycles. The van der Waals surface area contributed by atoms with Crippen LogP contribution in [0.1, 0.15) is 24.1 Å². The quantitative estimate of drug-likeness (QED) is 0.885.